The van der Waals surface area contributed by atoms with Gasteiger partial charge >= 0.3 is 0 Å². The van der Waals surface area contributed by atoms with Gasteiger partial charge < -0.3 is 5.32 Å². The van der Waals surface area contributed by atoms with E-state index in [1.54, 1.807) is 11.3 Å². The Bertz CT molecular complexity index is 511. The first-order valence-electron chi connectivity index (χ1n) is 5.81. The Hall–Kier alpha value is -0.160. The van der Waals surface area contributed by atoms with E-state index in [1.165, 1.54) is 11.1 Å². The van der Waals surface area contributed by atoms with Crippen LogP contribution in [0, 0.1) is 0 Å². The molecular formula is C14H15Br2NS. The summed E-state index contributed by atoms with van der Waals surface area (Å²) in [6.45, 7) is 4.39. The molecule has 0 aliphatic rings. The number of nitrogens with one attached hydrogen (secondary N) is 1. The lowest BCUT2D eigenvalue weighted by atomic mass is 10.1. The van der Waals surface area contributed by atoms with Crippen LogP contribution in [-0.2, 0) is 0 Å². The molecule has 0 radical (unpaired) electrons. The van der Waals surface area contributed by atoms with Crippen molar-refractivity contribution in [3.05, 3.63) is 55.1 Å². The highest BCUT2D eigenvalue weighted by Gasteiger charge is 2.13. The maximum atomic E-state index is 3.62. The maximum Gasteiger partial charge on any atom is 0.0308 e. The van der Waals surface area contributed by atoms with Gasteiger partial charge in [0.15, 0.2) is 0 Å². The van der Waals surface area contributed by atoms with Gasteiger partial charge in [-0.3, -0.25) is 0 Å². The van der Waals surface area contributed by atoms with Crippen LogP contribution in [0.1, 0.15) is 37.1 Å². The number of benzene rings is 1. The van der Waals surface area contributed by atoms with Gasteiger partial charge in [-0.2, -0.15) is 11.3 Å². The number of thiophene rings is 1. The van der Waals surface area contributed by atoms with Crippen LogP contribution in [0.25, 0.3) is 0 Å². The predicted molar refractivity (Wildman–Crippen MR) is 86.1 cm³/mol. The molecule has 1 aromatic carbocycles. The van der Waals surface area contributed by atoms with E-state index in [0.29, 0.717) is 12.1 Å². The zero-order chi connectivity index (χ0) is 13.1. The fourth-order valence-electron chi connectivity index (χ4n) is 1.94. The monoisotopic (exact) mass is 387 g/mol. The minimum absolute atomic E-state index is 0.308. The van der Waals surface area contributed by atoms with E-state index in [-0.39, 0.29) is 0 Å². The lowest BCUT2D eigenvalue weighted by Crippen LogP contribution is -2.22. The van der Waals surface area contributed by atoms with Crippen molar-refractivity contribution in [1.82, 2.24) is 5.32 Å². The van der Waals surface area contributed by atoms with Crippen molar-refractivity contribution in [2.24, 2.45) is 0 Å². The molecule has 18 heavy (non-hydrogen) atoms. The molecule has 2 rings (SSSR count). The van der Waals surface area contributed by atoms with Crippen LogP contribution in [0.2, 0.25) is 0 Å². The first kappa shape index (κ1) is 14.3. The Morgan fingerprint density at radius 1 is 1.11 bits per heavy atom. The maximum absolute atomic E-state index is 3.62. The van der Waals surface area contributed by atoms with E-state index in [4.69, 9.17) is 0 Å². The van der Waals surface area contributed by atoms with E-state index >= 15 is 0 Å². The van der Waals surface area contributed by atoms with Crippen molar-refractivity contribution in [1.29, 1.82) is 0 Å². The van der Waals surface area contributed by atoms with Crippen molar-refractivity contribution in [2.45, 2.75) is 25.9 Å². The number of hydrogen-bond donors (Lipinski definition) is 1. The quantitative estimate of drug-likeness (QED) is 0.709. The van der Waals surface area contributed by atoms with E-state index in [9.17, 15) is 0 Å². The van der Waals surface area contributed by atoms with Gasteiger partial charge in [-0.15, -0.1) is 0 Å². The topological polar surface area (TPSA) is 12.0 Å². The van der Waals surface area contributed by atoms with Crippen molar-refractivity contribution in [3.63, 3.8) is 0 Å². The molecule has 0 aliphatic carbocycles. The molecule has 0 aliphatic heterocycles. The van der Waals surface area contributed by atoms with Gasteiger partial charge in [0, 0.05) is 21.0 Å². The number of hydrogen-bond acceptors (Lipinski definition) is 2. The predicted octanol–water partition coefficient (Wildman–Crippen LogP) is 5.68. The smallest absolute Gasteiger partial charge is 0.0308 e. The molecule has 2 aromatic rings. The normalized spacial score (nSPS) is 14.4. The molecule has 0 amide bonds. The molecule has 0 bridgehead atoms. The Kier molecular flexibility index (Phi) is 5.01. The van der Waals surface area contributed by atoms with Crippen LogP contribution in [0.3, 0.4) is 0 Å². The van der Waals surface area contributed by atoms with Crippen molar-refractivity contribution >= 4 is 43.2 Å². The van der Waals surface area contributed by atoms with Gasteiger partial charge in [0.2, 0.25) is 0 Å². The zero-order valence-electron chi connectivity index (χ0n) is 10.3. The average molecular weight is 389 g/mol. The SMILES string of the molecule is CC(NC(C)c1ccc(Br)cc1Br)c1ccsc1. The lowest BCUT2D eigenvalue weighted by Gasteiger charge is -2.21. The summed E-state index contributed by atoms with van der Waals surface area (Å²) in [6.07, 6.45) is 0. The van der Waals surface area contributed by atoms with Crippen molar-refractivity contribution < 1.29 is 0 Å². The molecule has 1 heterocycles. The molecule has 2 atom stereocenters. The molecule has 0 spiro atoms. The molecule has 0 saturated heterocycles. The molecule has 2 unspecified atom stereocenters. The second-order valence-corrected chi connectivity index (χ2v) is 6.88. The highest BCUT2D eigenvalue weighted by Crippen LogP contribution is 2.28. The van der Waals surface area contributed by atoms with Crippen LogP contribution >= 0.6 is 43.2 Å². The second kappa shape index (κ2) is 6.33. The van der Waals surface area contributed by atoms with Crippen LogP contribution in [-0.4, -0.2) is 0 Å². The van der Waals surface area contributed by atoms with Gasteiger partial charge in [0.25, 0.3) is 0 Å². The number of halogens is 2. The lowest BCUT2D eigenvalue weighted by molar-refractivity contribution is 0.494. The van der Waals surface area contributed by atoms with Crippen molar-refractivity contribution in [2.75, 3.05) is 0 Å². The average Bonchev–Trinajstić information content (AvgIpc) is 2.81. The van der Waals surface area contributed by atoms with Gasteiger partial charge in [-0.05, 0) is 53.9 Å². The standard InChI is InChI=1S/C14H15Br2NS/c1-9(11-5-6-18-8-11)17-10(2)13-4-3-12(15)7-14(13)16/h3-10,17H,1-2H3. The first-order chi connectivity index (χ1) is 8.58. The summed E-state index contributed by atoms with van der Waals surface area (Å²) in [5.74, 6) is 0. The summed E-state index contributed by atoms with van der Waals surface area (Å²) in [7, 11) is 0. The number of rotatable bonds is 4. The Balaban J connectivity index is 2.10. The summed E-state index contributed by atoms with van der Waals surface area (Å²) in [6, 6.07) is 9.15. The third-order valence-corrected chi connectivity index (χ3v) is 4.85. The van der Waals surface area contributed by atoms with E-state index in [0.717, 1.165) is 8.95 Å². The molecule has 1 nitrogen and oxygen atoms in total. The zero-order valence-corrected chi connectivity index (χ0v) is 14.3. The van der Waals surface area contributed by atoms with Gasteiger partial charge in [0.1, 0.15) is 0 Å². The van der Waals surface area contributed by atoms with Crippen molar-refractivity contribution in [3.8, 4) is 0 Å². The first-order valence-corrected chi connectivity index (χ1v) is 8.34. The highest BCUT2D eigenvalue weighted by atomic mass is 79.9. The highest BCUT2D eigenvalue weighted by molar-refractivity contribution is 9.11. The molecular weight excluding hydrogens is 374 g/mol. The molecule has 0 fully saturated rings. The van der Waals surface area contributed by atoms with E-state index in [1.807, 2.05) is 0 Å². The Morgan fingerprint density at radius 3 is 2.50 bits per heavy atom. The summed E-state index contributed by atoms with van der Waals surface area (Å²) >= 11 is 8.84. The fourth-order valence-corrected chi connectivity index (χ4v) is 4.08. The molecule has 0 saturated carbocycles. The second-order valence-electron chi connectivity index (χ2n) is 4.33. The minimum atomic E-state index is 0.308. The van der Waals surface area contributed by atoms with Crippen LogP contribution < -0.4 is 5.32 Å². The molecule has 1 N–H and O–H groups in total. The van der Waals surface area contributed by atoms with Gasteiger partial charge in [-0.1, -0.05) is 37.9 Å². The van der Waals surface area contributed by atoms with Crippen LogP contribution in [0.5, 0.6) is 0 Å². The minimum Gasteiger partial charge on any atom is -0.304 e. The molecule has 1 aromatic heterocycles. The van der Waals surface area contributed by atoms with Gasteiger partial charge in [-0.25, -0.2) is 0 Å². The Morgan fingerprint density at radius 2 is 1.89 bits per heavy atom. The largest absolute Gasteiger partial charge is 0.304 e. The molecule has 4 heteroatoms. The summed E-state index contributed by atoms with van der Waals surface area (Å²) in [5.41, 5.74) is 2.63. The fraction of sp³-hybridized carbons (Fsp3) is 0.286. The summed E-state index contributed by atoms with van der Waals surface area (Å²) in [4.78, 5) is 0. The summed E-state index contributed by atoms with van der Waals surface area (Å²) in [5, 5.41) is 7.93. The van der Waals surface area contributed by atoms with Crippen LogP contribution in [0.15, 0.2) is 44.0 Å². The van der Waals surface area contributed by atoms with E-state index in [2.05, 4.69) is 86.0 Å². The molecule has 96 valence electrons. The Labute approximate surface area is 129 Å². The third-order valence-electron chi connectivity index (χ3n) is 2.97. The van der Waals surface area contributed by atoms with Crippen LogP contribution in [0.4, 0.5) is 0 Å². The summed E-state index contributed by atoms with van der Waals surface area (Å²) < 4.78 is 2.23. The third kappa shape index (κ3) is 3.44. The van der Waals surface area contributed by atoms with E-state index < -0.39 is 0 Å². The van der Waals surface area contributed by atoms with Gasteiger partial charge in [0.05, 0.1) is 0 Å².